The van der Waals surface area contributed by atoms with Gasteiger partial charge in [0.1, 0.15) is 29.5 Å². The Balaban J connectivity index is 2.42. The van der Waals surface area contributed by atoms with Gasteiger partial charge in [0.15, 0.2) is 0 Å². The summed E-state index contributed by atoms with van der Waals surface area (Å²) in [6.45, 7) is 2.26. The van der Waals surface area contributed by atoms with Gasteiger partial charge in [0.25, 0.3) is 0 Å². The number of carbonyl (C=O) groups excluding carboxylic acids is 1. The molecule has 2 aromatic carbocycles. The van der Waals surface area contributed by atoms with Gasteiger partial charge in [0.2, 0.25) is 5.91 Å². The molecule has 7 heteroatoms. The molecule has 0 fully saturated rings. The fourth-order valence-corrected chi connectivity index (χ4v) is 2.62. The maximum absolute atomic E-state index is 14.0. The Hall–Kier alpha value is -2.31. The van der Waals surface area contributed by atoms with E-state index >= 15 is 0 Å². The number of rotatable bonds is 7. The minimum atomic E-state index is -2.26. The molecule has 0 spiro atoms. The number of ether oxygens (including phenoxy) is 2. The van der Waals surface area contributed by atoms with E-state index in [0.717, 1.165) is 19.1 Å². The molecule has 140 valence electrons. The van der Waals surface area contributed by atoms with Gasteiger partial charge >= 0.3 is 0 Å². The molecule has 0 heterocycles. The first-order valence-corrected chi connectivity index (χ1v) is 8.16. The van der Waals surface area contributed by atoms with Crippen molar-refractivity contribution in [1.82, 2.24) is 0 Å². The van der Waals surface area contributed by atoms with E-state index in [-0.39, 0.29) is 22.8 Å². The smallest absolute Gasteiger partial charge is 0.249 e. The number of methoxy groups -OCH3 is 1. The molecule has 2 rings (SSSR count). The molecular weight excluding hydrogens is 361 g/mol. The number of benzene rings is 2. The van der Waals surface area contributed by atoms with Crippen LogP contribution in [0.2, 0.25) is 5.02 Å². The Morgan fingerprint density at radius 2 is 1.96 bits per heavy atom. The van der Waals surface area contributed by atoms with Crippen LogP contribution < -0.4 is 15.2 Å². The van der Waals surface area contributed by atoms with E-state index in [1.54, 1.807) is 31.4 Å². The Morgan fingerprint density at radius 3 is 2.50 bits per heavy atom. The summed E-state index contributed by atoms with van der Waals surface area (Å²) in [6, 6.07) is 8.88. The summed E-state index contributed by atoms with van der Waals surface area (Å²) >= 11 is 6.16. The fourth-order valence-electron chi connectivity index (χ4n) is 2.36. The van der Waals surface area contributed by atoms with E-state index in [4.69, 9.17) is 28.2 Å². The molecule has 5 nitrogen and oxygen atoms in total. The summed E-state index contributed by atoms with van der Waals surface area (Å²) in [6.07, 6.45) is 0. The van der Waals surface area contributed by atoms with Crippen LogP contribution in [0, 0.1) is 5.82 Å². The van der Waals surface area contributed by atoms with Gasteiger partial charge < -0.3 is 20.3 Å². The molecule has 0 saturated heterocycles. The molecule has 3 N–H and O–H groups in total. The molecule has 0 aliphatic carbocycles. The Bertz CT molecular complexity index is 840. The number of nitrogens with two attached hydrogens (primary N) is 1. The van der Waals surface area contributed by atoms with Gasteiger partial charge in [0.05, 0.1) is 12.1 Å². The van der Waals surface area contributed by atoms with Gasteiger partial charge in [-0.15, -0.1) is 0 Å². The molecule has 2 aromatic rings. The zero-order valence-electron chi connectivity index (χ0n) is 15.7. The third-order valence-corrected chi connectivity index (χ3v) is 4.55. The third-order valence-electron chi connectivity index (χ3n) is 4.22. The van der Waals surface area contributed by atoms with Crippen molar-refractivity contribution in [3.63, 3.8) is 0 Å². The van der Waals surface area contributed by atoms with E-state index in [9.17, 15) is 14.3 Å². The molecule has 0 radical (unpaired) electrons. The maximum atomic E-state index is 14.0. The van der Waals surface area contributed by atoms with E-state index in [1.807, 2.05) is 0 Å². The highest BCUT2D eigenvalue weighted by Gasteiger charge is 2.37. The molecule has 26 heavy (non-hydrogen) atoms. The normalized spacial score (nSPS) is 16.2. The summed E-state index contributed by atoms with van der Waals surface area (Å²) in [5.74, 6) is -2.64. The largest absolute Gasteiger partial charge is 0.497 e. The minimum Gasteiger partial charge on any atom is -0.497 e. The molecule has 0 saturated carbocycles. The van der Waals surface area contributed by atoms with E-state index < -0.39 is 23.2 Å². The van der Waals surface area contributed by atoms with E-state index in [0.29, 0.717) is 11.5 Å². The quantitative estimate of drug-likeness (QED) is 0.768. The van der Waals surface area contributed by atoms with Crippen molar-refractivity contribution in [2.75, 3.05) is 7.11 Å². The van der Waals surface area contributed by atoms with Crippen molar-refractivity contribution in [2.45, 2.75) is 31.9 Å². The molecular formula is C19H21ClFNO4. The second kappa shape index (κ2) is 7.93. The Kier molecular flexibility index (Phi) is 5.64. The summed E-state index contributed by atoms with van der Waals surface area (Å²) in [7, 11) is 1.54. The number of hydrogen-bond donors (Lipinski definition) is 2. The van der Waals surface area contributed by atoms with Crippen LogP contribution in [0.1, 0.15) is 32.2 Å². The number of carbonyl (C=O) groups is 1. The first-order valence-electron chi connectivity index (χ1n) is 8.28. The van der Waals surface area contributed by atoms with Crippen molar-refractivity contribution in [1.29, 1.82) is 0 Å². The number of primary amides is 1. The van der Waals surface area contributed by atoms with E-state index in [1.165, 1.54) is 6.92 Å². The average Bonchev–Trinajstić information content (AvgIpc) is 2.60. The molecule has 0 aliphatic heterocycles. The number of halogens is 2. The second-order valence-electron chi connectivity index (χ2n) is 5.94. The predicted octanol–water partition coefficient (Wildman–Crippen LogP) is 3.41. The highest BCUT2D eigenvalue weighted by atomic mass is 35.5. The number of amides is 1. The standard InChI is InChI=1S/C19H21ClFNO4/c1-11(19(2,24)18(22)23)15-8-12(21)9-17(20)16(15)10-26-14-6-4-13(25-3)5-7-14/h4-9,11,24H,10H2,1-3H3,(H2,22,23)/t11-,19?/m0/s1/i11D. The van der Waals surface area contributed by atoms with Gasteiger partial charge in [-0.1, -0.05) is 18.5 Å². The lowest BCUT2D eigenvalue weighted by Crippen LogP contribution is -2.45. The summed E-state index contributed by atoms with van der Waals surface area (Å²) < 4.78 is 33.2. The molecule has 1 unspecified atom stereocenters. The zero-order chi connectivity index (χ0) is 20.4. The molecule has 2 atom stereocenters. The topological polar surface area (TPSA) is 81.8 Å². The summed E-state index contributed by atoms with van der Waals surface area (Å²) in [4.78, 5) is 11.6. The summed E-state index contributed by atoms with van der Waals surface area (Å²) in [5.41, 5.74) is 3.24. The molecule has 0 aromatic heterocycles. The van der Waals surface area contributed by atoms with Crippen molar-refractivity contribution >= 4 is 17.5 Å². The zero-order valence-corrected chi connectivity index (χ0v) is 15.4. The lowest BCUT2D eigenvalue weighted by Gasteiger charge is -2.29. The number of aliphatic hydroxyl groups is 1. The van der Waals surface area contributed by atoms with Crippen molar-refractivity contribution in [2.24, 2.45) is 5.73 Å². The Labute approximate surface area is 157 Å². The van der Waals surface area contributed by atoms with Crippen LogP contribution in [0.3, 0.4) is 0 Å². The minimum absolute atomic E-state index is 0.00446. The SMILES string of the molecule is [2H][C@](C)(c1cc(F)cc(Cl)c1COc1ccc(OC)cc1)C(C)(O)C(N)=O. The first kappa shape index (κ1) is 18.5. The fraction of sp³-hybridized carbons (Fsp3) is 0.316. The van der Waals surface area contributed by atoms with Crippen LogP contribution in [0.25, 0.3) is 0 Å². The van der Waals surface area contributed by atoms with Gasteiger partial charge in [-0.25, -0.2) is 4.39 Å². The van der Waals surface area contributed by atoms with Gasteiger partial charge in [-0.3, -0.25) is 4.79 Å². The highest BCUT2D eigenvalue weighted by molar-refractivity contribution is 6.31. The maximum Gasteiger partial charge on any atom is 0.249 e. The molecule has 1 amide bonds. The van der Waals surface area contributed by atoms with Crippen molar-refractivity contribution in [3.05, 3.63) is 58.4 Å². The third kappa shape index (κ3) is 4.26. The van der Waals surface area contributed by atoms with Crippen LogP contribution in [0.5, 0.6) is 11.5 Å². The summed E-state index contributed by atoms with van der Waals surface area (Å²) in [5, 5.41) is 10.5. The number of hydrogen-bond acceptors (Lipinski definition) is 4. The first-order chi connectivity index (χ1) is 12.5. The average molecular weight is 383 g/mol. The van der Waals surface area contributed by atoms with Crippen molar-refractivity contribution < 1.29 is 25.1 Å². The van der Waals surface area contributed by atoms with Gasteiger partial charge in [0, 0.05) is 12.8 Å². The van der Waals surface area contributed by atoms with Gasteiger partial charge in [-0.05, 0) is 48.9 Å². The molecule has 0 aliphatic rings. The van der Waals surface area contributed by atoms with Crippen LogP contribution in [-0.2, 0) is 11.4 Å². The van der Waals surface area contributed by atoms with Crippen molar-refractivity contribution in [3.8, 4) is 11.5 Å². The lowest BCUT2D eigenvalue weighted by atomic mass is 9.82. The lowest BCUT2D eigenvalue weighted by molar-refractivity contribution is -0.136. The van der Waals surface area contributed by atoms with E-state index in [2.05, 4.69) is 0 Å². The monoisotopic (exact) mass is 382 g/mol. The molecule has 0 bridgehead atoms. The van der Waals surface area contributed by atoms with Gasteiger partial charge in [-0.2, -0.15) is 0 Å². The Morgan fingerprint density at radius 1 is 1.38 bits per heavy atom. The highest BCUT2D eigenvalue weighted by Crippen LogP contribution is 2.35. The van der Waals surface area contributed by atoms with Crippen LogP contribution >= 0.6 is 11.6 Å². The predicted molar refractivity (Wildman–Crippen MR) is 97.0 cm³/mol. The van der Waals surface area contributed by atoms with Crippen LogP contribution in [0.15, 0.2) is 36.4 Å². The van der Waals surface area contributed by atoms with Crippen LogP contribution in [-0.4, -0.2) is 23.7 Å². The second-order valence-corrected chi connectivity index (χ2v) is 6.35. The van der Waals surface area contributed by atoms with Crippen LogP contribution in [0.4, 0.5) is 4.39 Å².